The Morgan fingerprint density at radius 3 is 1.62 bits per heavy atom. The van der Waals surface area contributed by atoms with E-state index in [1.165, 1.54) is 11.4 Å². The molecule has 1 aliphatic rings. The van der Waals surface area contributed by atoms with Crippen molar-refractivity contribution in [2.45, 2.75) is 0 Å². The first-order valence-electron chi connectivity index (χ1n) is 7.16. The summed E-state index contributed by atoms with van der Waals surface area (Å²) in [7, 11) is 1.70. The van der Waals surface area contributed by atoms with Crippen LogP contribution in [0.4, 0.5) is 11.4 Å². The van der Waals surface area contributed by atoms with E-state index in [2.05, 4.69) is 62.1 Å². The van der Waals surface area contributed by atoms with E-state index < -0.39 is 0 Å². The molecule has 0 saturated carbocycles. The molecule has 0 N–H and O–H groups in total. The fraction of sp³-hybridized carbons (Fsp3) is 0.294. The van der Waals surface area contributed by atoms with Gasteiger partial charge in [-0.1, -0.05) is 15.9 Å². The Balaban J connectivity index is 1.62. The van der Waals surface area contributed by atoms with Crippen molar-refractivity contribution >= 4 is 27.3 Å². The molecule has 3 nitrogen and oxygen atoms in total. The van der Waals surface area contributed by atoms with Gasteiger partial charge in [0.25, 0.3) is 0 Å². The van der Waals surface area contributed by atoms with Crippen LogP contribution in [0.2, 0.25) is 0 Å². The van der Waals surface area contributed by atoms with Crippen molar-refractivity contribution in [3.05, 3.63) is 53.0 Å². The number of hydrogen-bond donors (Lipinski definition) is 0. The van der Waals surface area contributed by atoms with Gasteiger partial charge in [0.1, 0.15) is 5.75 Å². The summed E-state index contributed by atoms with van der Waals surface area (Å²) in [6.07, 6.45) is 0. The molecule has 0 spiro atoms. The predicted octanol–water partition coefficient (Wildman–Crippen LogP) is 3.78. The van der Waals surface area contributed by atoms with Crippen LogP contribution < -0.4 is 14.5 Å². The Morgan fingerprint density at radius 2 is 1.19 bits per heavy atom. The molecular weight excluding hydrogens is 328 g/mol. The minimum atomic E-state index is 0.909. The number of ether oxygens (including phenoxy) is 1. The van der Waals surface area contributed by atoms with Crippen molar-refractivity contribution in [3.8, 4) is 5.75 Å². The standard InChI is InChI=1S/C17H19BrN2O/c1-21-17-8-6-16(7-9-17)20-12-10-19(11-13-20)15-4-2-14(18)3-5-15/h2-9H,10-13H2,1H3. The second-order valence-corrected chi connectivity index (χ2v) is 6.06. The number of halogens is 1. The summed E-state index contributed by atoms with van der Waals surface area (Å²) >= 11 is 3.48. The Hall–Kier alpha value is -1.68. The summed E-state index contributed by atoms with van der Waals surface area (Å²) in [6.45, 7) is 4.19. The van der Waals surface area contributed by atoms with E-state index in [1.54, 1.807) is 7.11 Å². The van der Waals surface area contributed by atoms with Gasteiger partial charge in [-0.05, 0) is 48.5 Å². The molecule has 0 bridgehead atoms. The highest BCUT2D eigenvalue weighted by Gasteiger charge is 2.17. The first-order chi connectivity index (χ1) is 10.3. The zero-order valence-corrected chi connectivity index (χ0v) is 13.7. The van der Waals surface area contributed by atoms with Crippen molar-refractivity contribution in [2.75, 3.05) is 43.1 Å². The first kappa shape index (κ1) is 14.3. The van der Waals surface area contributed by atoms with Gasteiger partial charge >= 0.3 is 0 Å². The maximum atomic E-state index is 5.21. The zero-order valence-electron chi connectivity index (χ0n) is 12.1. The number of nitrogens with zero attached hydrogens (tertiary/aromatic N) is 2. The van der Waals surface area contributed by atoms with Gasteiger partial charge in [0.15, 0.2) is 0 Å². The van der Waals surface area contributed by atoms with Gasteiger partial charge in [-0.25, -0.2) is 0 Å². The quantitative estimate of drug-likeness (QED) is 0.840. The van der Waals surface area contributed by atoms with Crippen LogP contribution >= 0.6 is 15.9 Å². The van der Waals surface area contributed by atoms with E-state index in [4.69, 9.17) is 4.74 Å². The maximum absolute atomic E-state index is 5.21. The summed E-state index contributed by atoms with van der Waals surface area (Å²) in [6, 6.07) is 16.9. The molecule has 0 atom stereocenters. The summed E-state index contributed by atoms with van der Waals surface area (Å²) < 4.78 is 6.34. The molecule has 21 heavy (non-hydrogen) atoms. The van der Waals surface area contributed by atoms with E-state index >= 15 is 0 Å². The molecule has 0 radical (unpaired) electrons. The average molecular weight is 347 g/mol. The van der Waals surface area contributed by atoms with E-state index in [1.807, 2.05) is 12.1 Å². The Kier molecular flexibility index (Phi) is 4.34. The second kappa shape index (κ2) is 6.39. The van der Waals surface area contributed by atoms with Crippen LogP contribution in [0, 0.1) is 0 Å². The van der Waals surface area contributed by atoms with Crippen LogP contribution in [-0.2, 0) is 0 Å². The number of benzene rings is 2. The SMILES string of the molecule is COc1ccc(N2CCN(c3ccc(Br)cc3)CC2)cc1. The van der Waals surface area contributed by atoms with Crippen molar-refractivity contribution < 1.29 is 4.74 Å². The third kappa shape index (κ3) is 3.32. The van der Waals surface area contributed by atoms with Gasteiger partial charge in [0.2, 0.25) is 0 Å². The molecule has 3 rings (SSSR count). The lowest BCUT2D eigenvalue weighted by Crippen LogP contribution is -2.46. The molecule has 0 aliphatic carbocycles. The second-order valence-electron chi connectivity index (χ2n) is 5.15. The van der Waals surface area contributed by atoms with E-state index in [0.717, 1.165) is 36.4 Å². The maximum Gasteiger partial charge on any atom is 0.119 e. The van der Waals surface area contributed by atoms with Crippen LogP contribution in [0.3, 0.4) is 0 Å². The summed E-state index contributed by atoms with van der Waals surface area (Å²) in [4.78, 5) is 4.86. The highest BCUT2D eigenvalue weighted by Crippen LogP contribution is 2.23. The van der Waals surface area contributed by atoms with Crippen LogP contribution in [-0.4, -0.2) is 33.3 Å². The minimum absolute atomic E-state index is 0.909. The summed E-state index contributed by atoms with van der Waals surface area (Å²) in [5.41, 5.74) is 2.57. The molecule has 1 heterocycles. The Bertz CT molecular complexity index is 575. The fourth-order valence-electron chi connectivity index (χ4n) is 2.67. The largest absolute Gasteiger partial charge is 0.497 e. The number of anilines is 2. The molecule has 110 valence electrons. The third-order valence-corrected chi connectivity index (χ3v) is 4.44. The van der Waals surface area contributed by atoms with E-state index in [9.17, 15) is 0 Å². The number of piperazine rings is 1. The molecule has 2 aromatic rings. The molecule has 0 aromatic heterocycles. The lowest BCUT2D eigenvalue weighted by atomic mass is 10.2. The molecule has 1 saturated heterocycles. The topological polar surface area (TPSA) is 15.7 Å². The molecule has 1 fully saturated rings. The van der Waals surface area contributed by atoms with Gasteiger partial charge in [-0.3, -0.25) is 0 Å². The zero-order chi connectivity index (χ0) is 14.7. The average Bonchev–Trinajstić information content (AvgIpc) is 2.56. The van der Waals surface area contributed by atoms with Gasteiger partial charge in [-0.15, -0.1) is 0 Å². The lowest BCUT2D eigenvalue weighted by Gasteiger charge is -2.37. The Morgan fingerprint density at radius 1 is 0.762 bits per heavy atom. The van der Waals surface area contributed by atoms with Crippen molar-refractivity contribution in [2.24, 2.45) is 0 Å². The van der Waals surface area contributed by atoms with Crippen LogP contribution in [0.15, 0.2) is 53.0 Å². The van der Waals surface area contributed by atoms with Crippen molar-refractivity contribution in [1.82, 2.24) is 0 Å². The summed E-state index contributed by atoms with van der Waals surface area (Å²) in [5.74, 6) is 0.909. The lowest BCUT2D eigenvalue weighted by molar-refractivity contribution is 0.415. The molecule has 0 amide bonds. The predicted molar refractivity (Wildman–Crippen MR) is 91.6 cm³/mol. The molecule has 0 unspecified atom stereocenters. The van der Waals surface area contributed by atoms with Crippen molar-refractivity contribution in [1.29, 1.82) is 0 Å². The monoisotopic (exact) mass is 346 g/mol. The van der Waals surface area contributed by atoms with Crippen LogP contribution in [0.25, 0.3) is 0 Å². The van der Waals surface area contributed by atoms with Crippen LogP contribution in [0.5, 0.6) is 5.75 Å². The number of hydrogen-bond acceptors (Lipinski definition) is 3. The highest BCUT2D eigenvalue weighted by atomic mass is 79.9. The first-order valence-corrected chi connectivity index (χ1v) is 7.95. The fourth-order valence-corrected chi connectivity index (χ4v) is 2.93. The smallest absolute Gasteiger partial charge is 0.119 e. The minimum Gasteiger partial charge on any atom is -0.497 e. The molecule has 2 aromatic carbocycles. The molecular formula is C17H19BrN2O. The van der Waals surface area contributed by atoms with Crippen LogP contribution in [0.1, 0.15) is 0 Å². The highest BCUT2D eigenvalue weighted by molar-refractivity contribution is 9.10. The van der Waals surface area contributed by atoms with Crippen molar-refractivity contribution in [3.63, 3.8) is 0 Å². The van der Waals surface area contributed by atoms with Gasteiger partial charge in [-0.2, -0.15) is 0 Å². The number of rotatable bonds is 3. The van der Waals surface area contributed by atoms with Gasteiger partial charge in [0, 0.05) is 42.0 Å². The molecule has 1 aliphatic heterocycles. The van der Waals surface area contributed by atoms with E-state index in [0.29, 0.717) is 0 Å². The molecule has 4 heteroatoms. The van der Waals surface area contributed by atoms with Gasteiger partial charge < -0.3 is 14.5 Å². The summed E-state index contributed by atoms with van der Waals surface area (Å²) in [5, 5.41) is 0. The normalized spacial score (nSPS) is 15.1. The van der Waals surface area contributed by atoms with E-state index in [-0.39, 0.29) is 0 Å². The Labute approximate surface area is 134 Å². The third-order valence-electron chi connectivity index (χ3n) is 3.91. The number of methoxy groups -OCH3 is 1. The van der Waals surface area contributed by atoms with Gasteiger partial charge in [0.05, 0.1) is 7.11 Å².